The van der Waals surface area contributed by atoms with Crippen LogP contribution in [0.4, 0.5) is 8.78 Å². The lowest BCUT2D eigenvalue weighted by Crippen LogP contribution is -2.01. The van der Waals surface area contributed by atoms with Gasteiger partial charge in [-0.2, -0.15) is 8.78 Å². The predicted octanol–water partition coefficient (Wildman–Crippen LogP) is 4.91. The number of rotatable bonds is 3. The van der Waals surface area contributed by atoms with Gasteiger partial charge in [0, 0.05) is 18.0 Å². The molecule has 3 rings (SSSR count). The first-order valence-electron chi connectivity index (χ1n) is 5.92. The Morgan fingerprint density at radius 1 is 1.14 bits per heavy atom. The lowest BCUT2D eigenvalue weighted by Gasteiger charge is -2.05. The van der Waals surface area contributed by atoms with Crippen molar-refractivity contribution in [2.45, 2.75) is 6.61 Å². The fourth-order valence-corrected chi connectivity index (χ4v) is 2.52. The molecule has 108 valence electrons. The van der Waals surface area contributed by atoms with Crippen LogP contribution in [-0.2, 0) is 0 Å². The van der Waals surface area contributed by atoms with Crippen LogP contribution in [0.2, 0.25) is 10.0 Å². The highest BCUT2D eigenvalue weighted by Crippen LogP contribution is 2.28. The van der Waals surface area contributed by atoms with E-state index in [0.717, 1.165) is 0 Å². The number of alkyl halides is 2. The van der Waals surface area contributed by atoms with Crippen molar-refractivity contribution in [3.8, 4) is 17.0 Å². The maximum Gasteiger partial charge on any atom is 0.387 e. The van der Waals surface area contributed by atoms with Crippen molar-refractivity contribution in [3.63, 3.8) is 0 Å². The molecule has 0 fully saturated rings. The number of hydrogen-bond donors (Lipinski definition) is 0. The van der Waals surface area contributed by atoms with E-state index in [0.29, 0.717) is 26.9 Å². The Labute approximate surface area is 128 Å². The number of fused-ring (bicyclic) bond motifs is 1. The third-order valence-electron chi connectivity index (χ3n) is 2.83. The average molecular weight is 329 g/mol. The van der Waals surface area contributed by atoms with Crippen molar-refractivity contribution in [1.82, 2.24) is 9.38 Å². The third-order valence-corrected chi connectivity index (χ3v) is 3.31. The first-order valence-corrected chi connectivity index (χ1v) is 6.67. The van der Waals surface area contributed by atoms with E-state index < -0.39 is 6.61 Å². The highest BCUT2D eigenvalue weighted by atomic mass is 35.5. The number of imidazole rings is 1. The number of halogens is 4. The van der Waals surface area contributed by atoms with Gasteiger partial charge in [0.1, 0.15) is 5.75 Å². The summed E-state index contributed by atoms with van der Waals surface area (Å²) in [6, 6.07) is 7.89. The predicted molar refractivity (Wildman–Crippen MR) is 77.3 cm³/mol. The van der Waals surface area contributed by atoms with E-state index in [4.69, 9.17) is 23.2 Å². The van der Waals surface area contributed by atoms with Crippen LogP contribution in [0.1, 0.15) is 0 Å². The molecule has 0 saturated carbocycles. The molecule has 0 aliphatic carbocycles. The minimum absolute atomic E-state index is 0.0729. The second kappa shape index (κ2) is 5.50. The summed E-state index contributed by atoms with van der Waals surface area (Å²) in [5.41, 5.74) is 1.76. The Hall–Kier alpha value is -1.85. The van der Waals surface area contributed by atoms with Gasteiger partial charge < -0.3 is 9.14 Å². The number of benzene rings is 1. The summed E-state index contributed by atoms with van der Waals surface area (Å²) in [4.78, 5) is 4.37. The van der Waals surface area contributed by atoms with Crippen LogP contribution in [0, 0.1) is 0 Å². The van der Waals surface area contributed by atoms with Crippen molar-refractivity contribution >= 4 is 28.8 Å². The number of ether oxygens (including phenoxy) is 1. The largest absolute Gasteiger partial charge is 0.435 e. The molecule has 21 heavy (non-hydrogen) atoms. The van der Waals surface area contributed by atoms with Crippen LogP contribution in [0.5, 0.6) is 5.75 Å². The van der Waals surface area contributed by atoms with Gasteiger partial charge >= 0.3 is 6.61 Å². The maximum absolute atomic E-state index is 12.2. The molecule has 3 nitrogen and oxygen atoms in total. The van der Waals surface area contributed by atoms with Gasteiger partial charge in [-0.15, -0.1) is 0 Å². The lowest BCUT2D eigenvalue weighted by atomic mass is 10.1. The molecule has 0 aliphatic heterocycles. The summed E-state index contributed by atoms with van der Waals surface area (Å²) < 4.78 is 30.6. The summed E-state index contributed by atoms with van der Waals surface area (Å²) >= 11 is 12.0. The summed E-state index contributed by atoms with van der Waals surface area (Å²) in [7, 11) is 0. The Morgan fingerprint density at radius 2 is 1.95 bits per heavy atom. The number of aromatic nitrogens is 2. The van der Waals surface area contributed by atoms with Crippen LogP contribution in [-0.4, -0.2) is 16.0 Å². The Balaban J connectivity index is 2.06. The van der Waals surface area contributed by atoms with E-state index in [-0.39, 0.29) is 5.75 Å². The summed E-state index contributed by atoms with van der Waals surface area (Å²) in [6.45, 7) is -2.87. The van der Waals surface area contributed by atoms with Crippen molar-refractivity contribution in [2.24, 2.45) is 0 Å². The molecular weight excluding hydrogens is 321 g/mol. The fraction of sp³-hybridized carbons (Fsp3) is 0.0714. The van der Waals surface area contributed by atoms with Crippen LogP contribution in [0.15, 0.2) is 42.7 Å². The van der Waals surface area contributed by atoms with E-state index in [9.17, 15) is 8.78 Å². The van der Waals surface area contributed by atoms with Gasteiger partial charge in [0.25, 0.3) is 0 Å². The highest BCUT2D eigenvalue weighted by molar-refractivity contribution is 6.36. The molecule has 0 spiro atoms. The van der Waals surface area contributed by atoms with Crippen molar-refractivity contribution in [3.05, 3.63) is 52.8 Å². The molecule has 0 aliphatic rings. The minimum atomic E-state index is -2.87. The zero-order valence-corrected chi connectivity index (χ0v) is 11.9. The lowest BCUT2D eigenvalue weighted by molar-refractivity contribution is -0.0498. The minimum Gasteiger partial charge on any atom is -0.435 e. The van der Waals surface area contributed by atoms with Crippen molar-refractivity contribution < 1.29 is 13.5 Å². The van der Waals surface area contributed by atoms with E-state index in [2.05, 4.69) is 9.72 Å². The van der Waals surface area contributed by atoms with E-state index in [1.165, 1.54) is 12.1 Å². The molecule has 0 N–H and O–H groups in total. The Morgan fingerprint density at radius 3 is 2.71 bits per heavy atom. The number of nitrogens with zero attached hydrogens (tertiary/aromatic N) is 2. The molecule has 1 aromatic carbocycles. The third kappa shape index (κ3) is 2.94. The van der Waals surface area contributed by atoms with Crippen LogP contribution in [0.25, 0.3) is 16.9 Å². The topological polar surface area (TPSA) is 26.5 Å². The zero-order valence-electron chi connectivity index (χ0n) is 10.4. The standard InChI is InChI=1S/C14H8Cl2F2N2O/c15-9-5-11(16)13-19-12(7-20(13)6-9)8-2-1-3-10(4-8)21-14(17)18/h1-7,14H. The first-order chi connectivity index (χ1) is 10.0. The van der Waals surface area contributed by atoms with Gasteiger partial charge in [-0.1, -0.05) is 35.3 Å². The number of pyridine rings is 1. The molecule has 2 heterocycles. The molecule has 2 aromatic heterocycles. The second-order valence-electron chi connectivity index (χ2n) is 4.27. The second-order valence-corrected chi connectivity index (χ2v) is 5.11. The molecular formula is C14H8Cl2F2N2O. The van der Waals surface area contributed by atoms with Gasteiger partial charge in [-0.05, 0) is 18.2 Å². The van der Waals surface area contributed by atoms with Gasteiger partial charge in [-0.25, -0.2) is 4.98 Å². The van der Waals surface area contributed by atoms with Crippen LogP contribution < -0.4 is 4.74 Å². The quantitative estimate of drug-likeness (QED) is 0.682. The summed E-state index contributed by atoms with van der Waals surface area (Å²) in [5, 5.41) is 0.889. The zero-order chi connectivity index (χ0) is 15.0. The monoisotopic (exact) mass is 328 g/mol. The van der Waals surface area contributed by atoms with Gasteiger partial charge in [0.15, 0.2) is 5.65 Å². The molecule has 7 heteroatoms. The number of hydrogen-bond acceptors (Lipinski definition) is 2. The highest BCUT2D eigenvalue weighted by Gasteiger charge is 2.10. The smallest absolute Gasteiger partial charge is 0.387 e. The molecule has 0 amide bonds. The molecule has 0 atom stereocenters. The van der Waals surface area contributed by atoms with Gasteiger partial charge in [0.2, 0.25) is 0 Å². The first kappa shape index (κ1) is 14.1. The van der Waals surface area contributed by atoms with Crippen molar-refractivity contribution in [2.75, 3.05) is 0 Å². The molecule has 0 saturated heterocycles. The molecule has 0 radical (unpaired) electrons. The SMILES string of the molecule is FC(F)Oc1cccc(-c2cn3cc(Cl)cc(Cl)c3n2)c1. The van der Waals surface area contributed by atoms with Gasteiger partial charge in [-0.3, -0.25) is 0 Å². The van der Waals surface area contributed by atoms with Crippen molar-refractivity contribution in [1.29, 1.82) is 0 Å². The Kier molecular flexibility index (Phi) is 3.69. The fourth-order valence-electron chi connectivity index (χ4n) is 2.00. The normalized spacial score (nSPS) is 11.3. The van der Waals surface area contributed by atoms with Gasteiger partial charge in [0.05, 0.1) is 15.7 Å². The van der Waals surface area contributed by atoms with Crippen LogP contribution in [0.3, 0.4) is 0 Å². The molecule has 0 bridgehead atoms. The van der Waals surface area contributed by atoms with E-state index in [1.54, 1.807) is 35.0 Å². The van der Waals surface area contributed by atoms with E-state index in [1.807, 2.05) is 0 Å². The van der Waals surface area contributed by atoms with Crippen LogP contribution >= 0.6 is 23.2 Å². The molecule has 3 aromatic rings. The molecule has 0 unspecified atom stereocenters. The Bertz CT molecular complexity index is 805. The maximum atomic E-state index is 12.2. The summed E-state index contributed by atoms with van der Waals surface area (Å²) in [5.74, 6) is 0.0729. The summed E-state index contributed by atoms with van der Waals surface area (Å²) in [6.07, 6.45) is 3.38. The van der Waals surface area contributed by atoms with E-state index >= 15 is 0 Å². The average Bonchev–Trinajstić information content (AvgIpc) is 2.82.